The lowest BCUT2D eigenvalue weighted by Crippen LogP contribution is -1.87. The second-order valence-corrected chi connectivity index (χ2v) is 4.37. The molecule has 9 heteroatoms. The van der Waals surface area contributed by atoms with Crippen molar-refractivity contribution >= 4 is 11.6 Å². The number of furan rings is 1. The van der Waals surface area contributed by atoms with Crippen LogP contribution in [0.3, 0.4) is 0 Å². The fourth-order valence-electron chi connectivity index (χ4n) is 1.92. The molecule has 22 heavy (non-hydrogen) atoms. The van der Waals surface area contributed by atoms with E-state index in [1.165, 1.54) is 24.3 Å². The van der Waals surface area contributed by atoms with Gasteiger partial charge in [-0.05, 0) is 24.3 Å². The van der Waals surface area contributed by atoms with Crippen LogP contribution in [0.4, 0.5) is 11.6 Å². The Kier molecular flexibility index (Phi) is 3.14. The van der Waals surface area contributed by atoms with Crippen molar-refractivity contribution in [2.45, 2.75) is 0 Å². The standard InChI is InChI=1S/C13H8N4O5/c18-16(19)9-3-1-8(2-4-9)10-7-11(15-14-10)12-5-6-13(22-12)17(20)21/h1-7H,(H,14,15). The molecule has 0 amide bonds. The molecule has 110 valence electrons. The van der Waals surface area contributed by atoms with Crippen LogP contribution in [0.25, 0.3) is 22.7 Å². The molecule has 3 rings (SSSR count). The lowest BCUT2D eigenvalue weighted by Gasteiger charge is -1.95. The quantitative estimate of drug-likeness (QED) is 0.582. The number of H-pyrrole nitrogens is 1. The monoisotopic (exact) mass is 300 g/mol. The zero-order valence-electron chi connectivity index (χ0n) is 10.9. The molecule has 3 aromatic rings. The highest BCUT2D eigenvalue weighted by Crippen LogP contribution is 2.28. The highest BCUT2D eigenvalue weighted by atomic mass is 16.6. The van der Waals surface area contributed by atoms with Crippen LogP contribution in [0.15, 0.2) is 46.9 Å². The number of nitrogens with one attached hydrogen (secondary N) is 1. The number of benzene rings is 1. The van der Waals surface area contributed by atoms with Gasteiger partial charge < -0.3 is 4.42 Å². The normalized spacial score (nSPS) is 10.5. The summed E-state index contributed by atoms with van der Waals surface area (Å²) in [5.41, 5.74) is 1.68. The van der Waals surface area contributed by atoms with Crippen LogP contribution in [-0.2, 0) is 0 Å². The van der Waals surface area contributed by atoms with Gasteiger partial charge in [-0.3, -0.25) is 25.3 Å². The molecule has 0 aliphatic carbocycles. The molecule has 0 aliphatic rings. The molecule has 0 spiro atoms. The first-order valence-electron chi connectivity index (χ1n) is 6.09. The van der Waals surface area contributed by atoms with E-state index in [1.807, 2.05) is 0 Å². The lowest BCUT2D eigenvalue weighted by molar-refractivity contribution is -0.401. The molecule has 1 N–H and O–H groups in total. The zero-order valence-corrected chi connectivity index (χ0v) is 10.9. The summed E-state index contributed by atoms with van der Waals surface area (Å²) in [6, 6.07) is 10.3. The highest BCUT2D eigenvalue weighted by Gasteiger charge is 2.15. The van der Waals surface area contributed by atoms with Gasteiger partial charge in [0.15, 0.2) is 5.76 Å². The maximum atomic E-state index is 10.6. The van der Waals surface area contributed by atoms with Gasteiger partial charge in [0.1, 0.15) is 10.6 Å². The van der Waals surface area contributed by atoms with Gasteiger partial charge in [0.25, 0.3) is 5.69 Å². The number of aromatic nitrogens is 2. The van der Waals surface area contributed by atoms with Crippen LogP contribution < -0.4 is 0 Å². The Morgan fingerprint density at radius 2 is 1.73 bits per heavy atom. The molecule has 0 atom stereocenters. The first-order valence-corrected chi connectivity index (χ1v) is 6.09. The van der Waals surface area contributed by atoms with E-state index >= 15 is 0 Å². The molecule has 0 radical (unpaired) electrons. The van der Waals surface area contributed by atoms with Gasteiger partial charge >= 0.3 is 5.88 Å². The Balaban J connectivity index is 1.89. The number of aromatic amines is 1. The number of nitrogens with zero attached hydrogens (tertiary/aromatic N) is 3. The van der Waals surface area contributed by atoms with Crippen molar-refractivity contribution in [2.24, 2.45) is 0 Å². The SMILES string of the molecule is O=[N+]([O-])c1ccc(-c2cc(-c3ccc([N+](=O)[O-])o3)[nH]n2)cc1. The summed E-state index contributed by atoms with van der Waals surface area (Å²) in [5.74, 6) is -0.0751. The van der Waals surface area contributed by atoms with E-state index in [0.29, 0.717) is 17.0 Å². The third kappa shape index (κ3) is 2.42. The maximum absolute atomic E-state index is 10.6. The highest BCUT2D eigenvalue weighted by molar-refractivity contribution is 5.66. The van der Waals surface area contributed by atoms with E-state index in [1.54, 1.807) is 18.2 Å². The molecule has 9 nitrogen and oxygen atoms in total. The molecule has 0 unspecified atom stereocenters. The largest absolute Gasteiger partial charge is 0.433 e. The van der Waals surface area contributed by atoms with Crippen molar-refractivity contribution in [1.29, 1.82) is 0 Å². The van der Waals surface area contributed by atoms with E-state index in [-0.39, 0.29) is 17.3 Å². The molecule has 0 saturated carbocycles. The van der Waals surface area contributed by atoms with Gasteiger partial charge in [0, 0.05) is 17.7 Å². The van der Waals surface area contributed by atoms with Crippen LogP contribution in [0, 0.1) is 20.2 Å². The predicted octanol–water partition coefficient (Wildman–Crippen LogP) is 3.15. The van der Waals surface area contributed by atoms with Crippen LogP contribution >= 0.6 is 0 Å². The van der Waals surface area contributed by atoms with Gasteiger partial charge in [-0.15, -0.1) is 0 Å². The minimum Gasteiger partial charge on any atom is -0.399 e. The first-order chi connectivity index (χ1) is 10.5. The van der Waals surface area contributed by atoms with Gasteiger partial charge in [0.2, 0.25) is 0 Å². The molecular formula is C13H8N4O5. The summed E-state index contributed by atoms with van der Waals surface area (Å²) in [4.78, 5) is 20.1. The molecule has 0 fully saturated rings. The number of rotatable bonds is 4. The fourth-order valence-corrected chi connectivity index (χ4v) is 1.92. The Bertz CT molecular complexity index is 849. The minimum absolute atomic E-state index is 0.0128. The summed E-state index contributed by atoms with van der Waals surface area (Å²) >= 11 is 0. The summed E-state index contributed by atoms with van der Waals surface area (Å²) < 4.78 is 5.07. The van der Waals surface area contributed by atoms with Gasteiger partial charge in [-0.25, -0.2) is 0 Å². The van der Waals surface area contributed by atoms with Crippen molar-refractivity contribution in [2.75, 3.05) is 0 Å². The summed E-state index contributed by atoms with van der Waals surface area (Å²) in [6.45, 7) is 0. The topological polar surface area (TPSA) is 128 Å². The van der Waals surface area contributed by atoms with Crippen molar-refractivity contribution in [3.63, 3.8) is 0 Å². The van der Waals surface area contributed by atoms with E-state index in [0.717, 1.165) is 0 Å². The van der Waals surface area contributed by atoms with E-state index < -0.39 is 9.85 Å². The van der Waals surface area contributed by atoms with Gasteiger partial charge in [0.05, 0.1) is 16.7 Å². The number of non-ortho nitro benzene ring substituents is 1. The first kappa shape index (κ1) is 13.5. The van der Waals surface area contributed by atoms with Crippen LogP contribution in [0.5, 0.6) is 0 Å². The van der Waals surface area contributed by atoms with Gasteiger partial charge in [-0.2, -0.15) is 5.10 Å². The van der Waals surface area contributed by atoms with Crippen LogP contribution in [0.1, 0.15) is 0 Å². The number of nitro groups is 2. The minimum atomic E-state index is -0.628. The van der Waals surface area contributed by atoms with Crippen LogP contribution in [0.2, 0.25) is 0 Å². The molecule has 0 aliphatic heterocycles. The smallest absolute Gasteiger partial charge is 0.399 e. The predicted molar refractivity (Wildman–Crippen MR) is 75.0 cm³/mol. The summed E-state index contributed by atoms with van der Waals surface area (Å²) in [5, 5.41) is 28.0. The summed E-state index contributed by atoms with van der Waals surface area (Å²) in [6.07, 6.45) is 0. The molecule has 0 saturated heterocycles. The average Bonchev–Trinajstić information content (AvgIpc) is 3.16. The number of hydrogen-bond donors (Lipinski definition) is 1. The second-order valence-electron chi connectivity index (χ2n) is 4.37. The van der Waals surface area contributed by atoms with Crippen molar-refractivity contribution in [3.8, 4) is 22.7 Å². The third-order valence-electron chi connectivity index (χ3n) is 2.99. The van der Waals surface area contributed by atoms with E-state index in [9.17, 15) is 20.2 Å². The Morgan fingerprint density at radius 3 is 2.32 bits per heavy atom. The molecule has 2 aromatic heterocycles. The Morgan fingerprint density at radius 1 is 1.00 bits per heavy atom. The molecule has 1 aromatic carbocycles. The van der Waals surface area contributed by atoms with Crippen LogP contribution in [-0.4, -0.2) is 20.0 Å². The molecule has 0 bridgehead atoms. The van der Waals surface area contributed by atoms with E-state index in [4.69, 9.17) is 4.42 Å². The fraction of sp³-hybridized carbons (Fsp3) is 0. The van der Waals surface area contributed by atoms with E-state index in [2.05, 4.69) is 10.2 Å². The van der Waals surface area contributed by atoms with Gasteiger partial charge in [-0.1, -0.05) is 0 Å². The maximum Gasteiger partial charge on any atom is 0.433 e. The Hall–Kier alpha value is -3.49. The van der Waals surface area contributed by atoms with Crippen molar-refractivity contribution < 1.29 is 14.3 Å². The second kappa shape index (κ2) is 5.13. The molecular weight excluding hydrogens is 292 g/mol. The lowest BCUT2D eigenvalue weighted by atomic mass is 10.1. The summed E-state index contributed by atoms with van der Waals surface area (Å²) in [7, 11) is 0. The Labute approximate surface area is 122 Å². The third-order valence-corrected chi connectivity index (χ3v) is 2.99. The van der Waals surface area contributed by atoms with Crippen molar-refractivity contribution in [1.82, 2.24) is 10.2 Å². The molecule has 2 heterocycles. The average molecular weight is 300 g/mol. The number of hydrogen-bond acceptors (Lipinski definition) is 6. The zero-order chi connectivity index (χ0) is 15.7. The number of nitro benzene ring substituents is 1. The van der Waals surface area contributed by atoms with Crippen molar-refractivity contribution in [3.05, 3.63) is 62.7 Å².